The molecule has 0 fully saturated rings. The van der Waals surface area contributed by atoms with Crippen LogP contribution in [-0.2, 0) is 12.1 Å². The molecule has 0 saturated carbocycles. The summed E-state index contributed by atoms with van der Waals surface area (Å²) in [7, 11) is 0. The zero-order valence-electron chi connectivity index (χ0n) is 7.54. The Morgan fingerprint density at radius 2 is 2.08 bits per heavy atom. The van der Waals surface area contributed by atoms with Gasteiger partial charge in [-0.05, 0) is 25.0 Å². The fourth-order valence-corrected chi connectivity index (χ4v) is 1.07. The van der Waals surface area contributed by atoms with Gasteiger partial charge in [0.05, 0.1) is 6.61 Å². The maximum Gasteiger partial charge on any atom is 0.0681 e. The van der Waals surface area contributed by atoms with Crippen LogP contribution in [0.3, 0.4) is 0 Å². The van der Waals surface area contributed by atoms with Crippen LogP contribution in [0.15, 0.2) is 24.3 Å². The van der Waals surface area contributed by atoms with Gasteiger partial charge in [0.15, 0.2) is 0 Å². The highest BCUT2D eigenvalue weighted by Gasteiger charge is 2.13. The van der Waals surface area contributed by atoms with Crippen LogP contribution >= 0.6 is 0 Å². The first kappa shape index (κ1) is 9.23. The number of benzene rings is 1. The molecule has 3 N–H and O–H groups in total. The first-order valence-corrected chi connectivity index (χ1v) is 4.03. The molecule has 0 aromatic heterocycles. The van der Waals surface area contributed by atoms with E-state index in [2.05, 4.69) is 0 Å². The van der Waals surface area contributed by atoms with Crippen LogP contribution in [0.25, 0.3) is 0 Å². The second-order valence-corrected chi connectivity index (χ2v) is 3.58. The molecule has 0 amide bonds. The van der Waals surface area contributed by atoms with E-state index < -0.39 is 0 Å². The molecule has 0 saturated heterocycles. The van der Waals surface area contributed by atoms with Gasteiger partial charge in [0.25, 0.3) is 0 Å². The molecule has 12 heavy (non-hydrogen) atoms. The summed E-state index contributed by atoms with van der Waals surface area (Å²) >= 11 is 0. The molecule has 0 radical (unpaired) electrons. The van der Waals surface area contributed by atoms with Gasteiger partial charge in [0, 0.05) is 5.54 Å². The lowest BCUT2D eigenvalue weighted by atomic mass is 9.94. The average Bonchev–Trinajstić information content (AvgIpc) is 2.03. The third-order valence-electron chi connectivity index (χ3n) is 1.85. The number of nitrogens with two attached hydrogens (primary N) is 1. The Morgan fingerprint density at radius 3 is 2.58 bits per heavy atom. The Bertz CT molecular complexity index is 263. The first-order chi connectivity index (χ1) is 5.54. The van der Waals surface area contributed by atoms with E-state index in [1.165, 1.54) is 0 Å². The molecule has 0 aliphatic carbocycles. The molecule has 0 heterocycles. The normalized spacial score (nSPS) is 11.7. The van der Waals surface area contributed by atoms with E-state index in [0.717, 1.165) is 11.1 Å². The van der Waals surface area contributed by atoms with Crippen LogP contribution in [0.4, 0.5) is 0 Å². The third-order valence-corrected chi connectivity index (χ3v) is 1.85. The number of hydrogen-bond donors (Lipinski definition) is 2. The molecule has 66 valence electrons. The summed E-state index contributed by atoms with van der Waals surface area (Å²) < 4.78 is 0. The van der Waals surface area contributed by atoms with Gasteiger partial charge in [-0.2, -0.15) is 0 Å². The SMILES string of the molecule is CC(C)(N)c1cccc(CO)c1. The molecule has 0 bridgehead atoms. The number of aliphatic hydroxyl groups excluding tert-OH is 1. The van der Waals surface area contributed by atoms with Crippen LogP contribution in [0, 0.1) is 0 Å². The summed E-state index contributed by atoms with van der Waals surface area (Å²) in [5.74, 6) is 0. The van der Waals surface area contributed by atoms with Crippen molar-refractivity contribution in [3.63, 3.8) is 0 Å². The molecule has 0 unspecified atom stereocenters. The van der Waals surface area contributed by atoms with E-state index in [-0.39, 0.29) is 12.1 Å². The third kappa shape index (κ3) is 2.06. The van der Waals surface area contributed by atoms with Crippen LogP contribution in [-0.4, -0.2) is 5.11 Å². The number of aliphatic hydroxyl groups is 1. The number of rotatable bonds is 2. The predicted octanol–water partition coefficient (Wildman–Crippen LogP) is 1.37. The second kappa shape index (κ2) is 3.25. The quantitative estimate of drug-likeness (QED) is 0.695. The van der Waals surface area contributed by atoms with Gasteiger partial charge >= 0.3 is 0 Å². The zero-order chi connectivity index (χ0) is 9.19. The Balaban J connectivity index is 3.02. The van der Waals surface area contributed by atoms with Crippen molar-refractivity contribution in [3.05, 3.63) is 35.4 Å². The van der Waals surface area contributed by atoms with Crippen molar-refractivity contribution < 1.29 is 5.11 Å². The minimum atomic E-state index is -0.328. The highest BCUT2D eigenvalue weighted by atomic mass is 16.3. The van der Waals surface area contributed by atoms with E-state index in [0.29, 0.717) is 0 Å². The van der Waals surface area contributed by atoms with Crippen molar-refractivity contribution >= 4 is 0 Å². The van der Waals surface area contributed by atoms with Crippen molar-refractivity contribution in [1.29, 1.82) is 0 Å². The Hall–Kier alpha value is -0.860. The lowest BCUT2D eigenvalue weighted by Crippen LogP contribution is -2.28. The van der Waals surface area contributed by atoms with Crippen LogP contribution < -0.4 is 5.73 Å². The summed E-state index contributed by atoms with van der Waals surface area (Å²) in [6.45, 7) is 3.97. The monoisotopic (exact) mass is 165 g/mol. The lowest BCUT2D eigenvalue weighted by Gasteiger charge is -2.19. The molecular weight excluding hydrogens is 150 g/mol. The summed E-state index contributed by atoms with van der Waals surface area (Å²) in [5, 5.41) is 8.89. The van der Waals surface area contributed by atoms with E-state index in [1.807, 2.05) is 38.1 Å². The van der Waals surface area contributed by atoms with Crippen LogP contribution in [0.2, 0.25) is 0 Å². The zero-order valence-corrected chi connectivity index (χ0v) is 7.54. The van der Waals surface area contributed by atoms with E-state index in [9.17, 15) is 0 Å². The molecule has 2 nitrogen and oxygen atoms in total. The summed E-state index contributed by atoms with van der Waals surface area (Å²) in [5.41, 5.74) is 7.53. The molecule has 1 aromatic carbocycles. The standard InChI is InChI=1S/C10H15NO/c1-10(2,11)9-5-3-4-8(6-9)7-12/h3-6,12H,7,11H2,1-2H3. The van der Waals surface area contributed by atoms with Crippen molar-refractivity contribution in [1.82, 2.24) is 0 Å². The first-order valence-electron chi connectivity index (χ1n) is 4.03. The van der Waals surface area contributed by atoms with E-state index in [4.69, 9.17) is 10.8 Å². The summed E-state index contributed by atoms with van der Waals surface area (Å²) in [6, 6.07) is 7.70. The van der Waals surface area contributed by atoms with Gasteiger partial charge in [-0.15, -0.1) is 0 Å². The average molecular weight is 165 g/mol. The fraction of sp³-hybridized carbons (Fsp3) is 0.400. The second-order valence-electron chi connectivity index (χ2n) is 3.58. The summed E-state index contributed by atoms with van der Waals surface area (Å²) in [6.07, 6.45) is 0. The molecule has 0 aliphatic rings. The molecule has 1 rings (SSSR count). The van der Waals surface area contributed by atoms with Crippen molar-refractivity contribution in [2.45, 2.75) is 26.0 Å². The Kier molecular flexibility index (Phi) is 2.50. The minimum absolute atomic E-state index is 0.0733. The van der Waals surface area contributed by atoms with Crippen molar-refractivity contribution in [2.75, 3.05) is 0 Å². The number of hydrogen-bond acceptors (Lipinski definition) is 2. The molecule has 0 aliphatic heterocycles. The molecule has 0 atom stereocenters. The van der Waals surface area contributed by atoms with Gasteiger partial charge in [-0.1, -0.05) is 24.3 Å². The van der Waals surface area contributed by atoms with E-state index >= 15 is 0 Å². The molecule has 1 aromatic rings. The summed E-state index contributed by atoms with van der Waals surface area (Å²) in [4.78, 5) is 0. The van der Waals surface area contributed by atoms with Crippen molar-refractivity contribution in [3.8, 4) is 0 Å². The van der Waals surface area contributed by atoms with Gasteiger partial charge < -0.3 is 10.8 Å². The molecular formula is C10H15NO. The Morgan fingerprint density at radius 1 is 1.42 bits per heavy atom. The fourth-order valence-electron chi connectivity index (χ4n) is 1.07. The van der Waals surface area contributed by atoms with Crippen molar-refractivity contribution in [2.24, 2.45) is 5.73 Å². The lowest BCUT2D eigenvalue weighted by molar-refractivity contribution is 0.281. The largest absolute Gasteiger partial charge is 0.392 e. The Labute approximate surface area is 73.0 Å². The molecule has 0 spiro atoms. The topological polar surface area (TPSA) is 46.2 Å². The van der Waals surface area contributed by atoms with Gasteiger partial charge in [-0.25, -0.2) is 0 Å². The predicted molar refractivity (Wildman–Crippen MR) is 49.6 cm³/mol. The highest BCUT2D eigenvalue weighted by Crippen LogP contribution is 2.17. The molecule has 2 heteroatoms. The van der Waals surface area contributed by atoms with Gasteiger partial charge in [-0.3, -0.25) is 0 Å². The van der Waals surface area contributed by atoms with Crippen LogP contribution in [0.1, 0.15) is 25.0 Å². The van der Waals surface area contributed by atoms with Gasteiger partial charge in [0.1, 0.15) is 0 Å². The minimum Gasteiger partial charge on any atom is -0.392 e. The van der Waals surface area contributed by atoms with Crippen LogP contribution in [0.5, 0.6) is 0 Å². The van der Waals surface area contributed by atoms with Gasteiger partial charge in [0.2, 0.25) is 0 Å². The smallest absolute Gasteiger partial charge is 0.0681 e. The van der Waals surface area contributed by atoms with E-state index in [1.54, 1.807) is 0 Å². The maximum absolute atomic E-state index is 8.89. The highest BCUT2D eigenvalue weighted by molar-refractivity contribution is 5.27. The maximum atomic E-state index is 8.89.